The SMILES string of the molecule is COC(CNC(=O)CSc1ccccc1F)C(=O)O. The van der Waals surface area contributed by atoms with Gasteiger partial charge < -0.3 is 15.2 Å². The van der Waals surface area contributed by atoms with E-state index >= 15 is 0 Å². The highest BCUT2D eigenvalue weighted by Gasteiger charge is 2.17. The number of halogens is 1. The van der Waals surface area contributed by atoms with E-state index in [-0.39, 0.29) is 24.0 Å². The summed E-state index contributed by atoms with van der Waals surface area (Å²) in [4.78, 5) is 22.5. The molecule has 0 spiro atoms. The normalized spacial score (nSPS) is 11.9. The van der Waals surface area contributed by atoms with E-state index in [0.717, 1.165) is 11.8 Å². The fourth-order valence-corrected chi connectivity index (χ4v) is 2.00. The smallest absolute Gasteiger partial charge is 0.334 e. The van der Waals surface area contributed by atoms with Gasteiger partial charge in [-0.15, -0.1) is 11.8 Å². The topological polar surface area (TPSA) is 75.6 Å². The van der Waals surface area contributed by atoms with Crippen molar-refractivity contribution in [2.45, 2.75) is 11.0 Å². The average molecular weight is 287 g/mol. The monoisotopic (exact) mass is 287 g/mol. The maximum absolute atomic E-state index is 13.3. The Hall–Kier alpha value is -1.60. The van der Waals surface area contributed by atoms with Gasteiger partial charge >= 0.3 is 5.97 Å². The van der Waals surface area contributed by atoms with E-state index in [9.17, 15) is 14.0 Å². The number of benzene rings is 1. The number of thioether (sulfide) groups is 1. The van der Waals surface area contributed by atoms with Crippen molar-refractivity contribution in [1.82, 2.24) is 5.32 Å². The van der Waals surface area contributed by atoms with Gasteiger partial charge in [0.1, 0.15) is 5.82 Å². The molecule has 0 radical (unpaired) electrons. The van der Waals surface area contributed by atoms with Crippen molar-refractivity contribution in [2.75, 3.05) is 19.4 Å². The summed E-state index contributed by atoms with van der Waals surface area (Å²) in [5.41, 5.74) is 0. The molecule has 1 unspecified atom stereocenters. The lowest BCUT2D eigenvalue weighted by Gasteiger charge is -2.11. The number of hydrogen-bond donors (Lipinski definition) is 2. The standard InChI is InChI=1S/C12H14FNO4S/c1-18-9(12(16)17)6-14-11(15)7-19-10-5-3-2-4-8(10)13/h2-5,9H,6-7H2,1H3,(H,14,15)(H,16,17). The van der Waals surface area contributed by atoms with Gasteiger partial charge in [-0.1, -0.05) is 12.1 Å². The van der Waals surface area contributed by atoms with Crippen LogP contribution in [-0.4, -0.2) is 42.5 Å². The highest BCUT2D eigenvalue weighted by atomic mass is 32.2. The van der Waals surface area contributed by atoms with Crippen LogP contribution in [0.15, 0.2) is 29.2 Å². The molecule has 1 aromatic carbocycles. The Morgan fingerprint density at radius 3 is 2.74 bits per heavy atom. The Bertz CT molecular complexity index is 455. The lowest BCUT2D eigenvalue weighted by molar-refractivity contribution is -0.148. The third kappa shape index (κ3) is 5.27. The van der Waals surface area contributed by atoms with E-state index in [1.807, 2.05) is 0 Å². The molecule has 1 atom stereocenters. The molecule has 19 heavy (non-hydrogen) atoms. The van der Waals surface area contributed by atoms with Crippen LogP contribution < -0.4 is 5.32 Å². The van der Waals surface area contributed by atoms with E-state index in [2.05, 4.69) is 10.1 Å². The molecule has 0 bridgehead atoms. The minimum Gasteiger partial charge on any atom is -0.479 e. The molecule has 1 amide bonds. The van der Waals surface area contributed by atoms with Crippen LogP contribution in [0.4, 0.5) is 4.39 Å². The second-order valence-corrected chi connectivity index (χ2v) is 4.60. The molecule has 0 aliphatic carbocycles. The van der Waals surface area contributed by atoms with Crippen molar-refractivity contribution in [3.63, 3.8) is 0 Å². The summed E-state index contributed by atoms with van der Waals surface area (Å²) in [6, 6.07) is 6.12. The van der Waals surface area contributed by atoms with Crippen molar-refractivity contribution in [2.24, 2.45) is 0 Å². The molecular weight excluding hydrogens is 273 g/mol. The first kappa shape index (κ1) is 15.5. The second kappa shape index (κ2) is 7.75. The van der Waals surface area contributed by atoms with E-state index < -0.39 is 12.1 Å². The highest BCUT2D eigenvalue weighted by molar-refractivity contribution is 8.00. The summed E-state index contributed by atoms with van der Waals surface area (Å²) in [6.45, 7) is -0.123. The van der Waals surface area contributed by atoms with Gasteiger partial charge in [-0.2, -0.15) is 0 Å². The number of amides is 1. The Balaban J connectivity index is 2.36. The second-order valence-electron chi connectivity index (χ2n) is 3.59. The fraction of sp³-hybridized carbons (Fsp3) is 0.333. The van der Waals surface area contributed by atoms with Gasteiger partial charge in [-0.05, 0) is 12.1 Å². The molecule has 0 heterocycles. The number of aliphatic carboxylic acids is 1. The molecule has 5 nitrogen and oxygen atoms in total. The number of hydrogen-bond acceptors (Lipinski definition) is 4. The van der Waals surface area contributed by atoms with Crippen molar-refractivity contribution in [3.05, 3.63) is 30.1 Å². The first-order valence-corrected chi connectivity index (χ1v) is 6.42. The van der Waals surface area contributed by atoms with Crippen LogP contribution in [0, 0.1) is 5.82 Å². The van der Waals surface area contributed by atoms with E-state index in [1.54, 1.807) is 18.2 Å². The van der Waals surface area contributed by atoms with Gasteiger partial charge in [-0.25, -0.2) is 9.18 Å². The first-order chi connectivity index (χ1) is 9.04. The molecule has 0 saturated heterocycles. The number of carboxylic acid groups (broad SMARTS) is 1. The molecule has 104 valence electrons. The lowest BCUT2D eigenvalue weighted by atomic mass is 10.3. The third-order valence-electron chi connectivity index (χ3n) is 2.24. The number of methoxy groups -OCH3 is 1. The molecule has 0 aliphatic heterocycles. The number of rotatable bonds is 7. The molecular formula is C12H14FNO4S. The zero-order chi connectivity index (χ0) is 14.3. The molecule has 7 heteroatoms. The van der Waals surface area contributed by atoms with Crippen LogP contribution in [0.3, 0.4) is 0 Å². The van der Waals surface area contributed by atoms with Gasteiger partial charge in [0.05, 0.1) is 12.3 Å². The zero-order valence-electron chi connectivity index (χ0n) is 10.3. The predicted molar refractivity (Wildman–Crippen MR) is 68.6 cm³/mol. The highest BCUT2D eigenvalue weighted by Crippen LogP contribution is 2.20. The van der Waals surface area contributed by atoms with Crippen LogP contribution in [0.1, 0.15) is 0 Å². The third-order valence-corrected chi connectivity index (χ3v) is 3.29. The molecule has 1 rings (SSSR count). The summed E-state index contributed by atoms with van der Waals surface area (Å²) < 4.78 is 17.9. The minimum absolute atomic E-state index is 0.0109. The molecule has 1 aromatic rings. The van der Waals surface area contributed by atoms with Crippen LogP contribution in [0.25, 0.3) is 0 Å². The average Bonchev–Trinajstić information content (AvgIpc) is 2.38. The van der Waals surface area contributed by atoms with Crippen molar-refractivity contribution in [1.29, 1.82) is 0 Å². The van der Waals surface area contributed by atoms with Gasteiger partial charge in [0.2, 0.25) is 5.91 Å². The van der Waals surface area contributed by atoms with Crippen molar-refractivity contribution >= 4 is 23.6 Å². The summed E-state index contributed by atoms with van der Waals surface area (Å²) >= 11 is 1.05. The number of carbonyl (C=O) groups excluding carboxylic acids is 1. The predicted octanol–water partition coefficient (Wildman–Crippen LogP) is 1.13. The lowest BCUT2D eigenvalue weighted by Crippen LogP contribution is -2.38. The molecule has 0 fully saturated rings. The van der Waals surface area contributed by atoms with E-state index in [4.69, 9.17) is 5.11 Å². The maximum atomic E-state index is 13.3. The van der Waals surface area contributed by atoms with E-state index in [1.165, 1.54) is 13.2 Å². The number of carbonyl (C=O) groups is 2. The van der Waals surface area contributed by atoms with Gasteiger partial charge in [0.25, 0.3) is 0 Å². The number of ether oxygens (including phenoxy) is 1. The van der Waals surface area contributed by atoms with Crippen molar-refractivity contribution in [3.8, 4) is 0 Å². The Morgan fingerprint density at radius 1 is 1.47 bits per heavy atom. The van der Waals surface area contributed by atoms with Crippen LogP contribution in [-0.2, 0) is 14.3 Å². The first-order valence-electron chi connectivity index (χ1n) is 5.44. The Kier molecular flexibility index (Phi) is 6.31. The zero-order valence-corrected chi connectivity index (χ0v) is 11.1. The van der Waals surface area contributed by atoms with E-state index in [0.29, 0.717) is 4.90 Å². The summed E-state index contributed by atoms with van der Waals surface area (Å²) in [5, 5.41) is 11.1. The summed E-state index contributed by atoms with van der Waals surface area (Å²) in [6.07, 6.45) is -1.08. The molecule has 0 aromatic heterocycles. The van der Waals surface area contributed by atoms with Gasteiger partial charge in [0.15, 0.2) is 6.10 Å². The summed E-state index contributed by atoms with van der Waals surface area (Å²) in [7, 11) is 1.25. The summed E-state index contributed by atoms with van der Waals surface area (Å²) in [5.74, 6) is -1.90. The van der Waals surface area contributed by atoms with Gasteiger partial charge in [-0.3, -0.25) is 4.79 Å². The van der Waals surface area contributed by atoms with Crippen LogP contribution in [0.5, 0.6) is 0 Å². The van der Waals surface area contributed by atoms with Gasteiger partial charge in [0, 0.05) is 12.0 Å². The van der Waals surface area contributed by atoms with Crippen molar-refractivity contribution < 1.29 is 23.8 Å². The Labute approximate surface area is 114 Å². The quantitative estimate of drug-likeness (QED) is 0.735. The largest absolute Gasteiger partial charge is 0.479 e. The number of nitrogens with one attached hydrogen (secondary N) is 1. The maximum Gasteiger partial charge on any atom is 0.334 e. The molecule has 0 saturated carbocycles. The Morgan fingerprint density at radius 2 is 2.16 bits per heavy atom. The molecule has 2 N–H and O–H groups in total. The minimum atomic E-state index is -1.15. The number of carboxylic acids is 1. The van der Waals surface area contributed by atoms with Crippen LogP contribution in [0.2, 0.25) is 0 Å². The van der Waals surface area contributed by atoms with Crippen LogP contribution >= 0.6 is 11.8 Å². The molecule has 0 aliphatic rings. The fourth-order valence-electron chi connectivity index (χ4n) is 1.23.